The summed E-state index contributed by atoms with van der Waals surface area (Å²) in [6.07, 6.45) is -10.9. The van der Waals surface area contributed by atoms with E-state index in [0.717, 1.165) is 6.42 Å². The highest BCUT2D eigenvalue weighted by Gasteiger charge is 2.71. The Morgan fingerprint density at radius 3 is 1.83 bits per heavy atom. The number of aliphatic hydroxyl groups is 1. The minimum Gasteiger partial charge on any atom is -0.374 e. The van der Waals surface area contributed by atoms with E-state index in [-0.39, 0.29) is 18.3 Å². The second-order valence-corrected chi connectivity index (χ2v) is 7.51. The van der Waals surface area contributed by atoms with Crippen LogP contribution in [-0.2, 0) is 0 Å². The number of hydrogen-bond donors (Lipinski definition) is 1. The Morgan fingerprint density at radius 1 is 0.957 bits per heavy atom. The average molecular weight is 346 g/mol. The lowest BCUT2D eigenvalue weighted by atomic mass is 9.67. The first kappa shape index (κ1) is 18.9. The van der Waals surface area contributed by atoms with E-state index < -0.39 is 30.3 Å². The first-order chi connectivity index (χ1) is 10.3. The summed E-state index contributed by atoms with van der Waals surface area (Å²) in [6.45, 7) is 5.75. The van der Waals surface area contributed by atoms with Gasteiger partial charge in [0.2, 0.25) is 0 Å². The maximum absolute atomic E-state index is 12.9. The summed E-state index contributed by atoms with van der Waals surface area (Å²) in [6, 6.07) is 0. The van der Waals surface area contributed by atoms with Crippen LogP contribution in [0, 0.1) is 35.5 Å². The third-order valence-corrected chi connectivity index (χ3v) is 6.57. The van der Waals surface area contributed by atoms with Gasteiger partial charge in [-0.3, -0.25) is 0 Å². The van der Waals surface area contributed by atoms with Gasteiger partial charge in [0.25, 0.3) is 5.60 Å². The maximum Gasteiger partial charge on any atom is 0.426 e. The molecule has 0 aromatic heterocycles. The van der Waals surface area contributed by atoms with Crippen LogP contribution in [0.4, 0.5) is 26.3 Å². The van der Waals surface area contributed by atoms with Crippen molar-refractivity contribution in [3.63, 3.8) is 0 Å². The molecule has 0 aliphatic heterocycles. The van der Waals surface area contributed by atoms with Gasteiger partial charge in [-0.25, -0.2) is 0 Å². The van der Waals surface area contributed by atoms with Crippen LogP contribution in [0.1, 0.15) is 46.5 Å². The molecule has 6 unspecified atom stereocenters. The van der Waals surface area contributed by atoms with Crippen LogP contribution < -0.4 is 0 Å². The standard InChI is InChI=1S/C16H24F6O/c1-4-10(7-14(23,15(17,18)19)16(20,21)22)13-6-11-5-12(13)9(3)8(11)2/h8-13,23H,4-7H2,1-3H3. The Kier molecular flexibility index (Phi) is 4.77. The van der Waals surface area contributed by atoms with Crippen molar-refractivity contribution in [1.29, 1.82) is 0 Å². The van der Waals surface area contributed by atoms with Crippen molar-refractivity contribution in [3.8, 4) is 0 Å². The number of halogens is 6. The van der Waals surface area contributed by atoms with Gasteiger partial charge in [0, 0.05) is 0 Å². The minimum atomic E-state index is -5.71. The van der Waals surface area contributed by atoms with E-state index >= 15 is 0 Å². The first-order valence-corrected chi connectivity index (χ1v) is 8.19. The second-order valence-electron chi connectivity index (χ2n) is 7.51. The molecule has 0 radical (unpaired) electrons. The molecular formula is C16H24F6O. The lowest BCUT2D eigenvalue weighted by Crippen LogP contribution is -2.58. The highest BCUT2D eigenvalue weighted by Crippen LogP contribution is 2.59. The topological polar surface area (TPSA) is 20.2 Å². The van der Waals surface area contributed by atoms with Crippen LogP contribution in [0.3, 0.4) is 0 Å². The lowest BCUT2D eigenvalue weighted by molar-refractivity contribution is -0.373. The molecule has 1 N–H and O–H groups in total. The molecule has 7 heteroatoms. The Balaban J connectivity index is 2.22. The van der Waals surface area contributed by atoms with Crippen molar-refractivity contribution in [3.05, 3.63) is 0 Å². The van der Waals surface area contributed by atoms with Crippen LogP contribution in [0.15, 0.2) is 0 Å². The van der Waals surface area contributed by atoms with Gasteiger partial charge in [-0.2, -0.15) is 26.3 Å². The van der Waals surface area contributed by atoms with Crippen LogP contribution >= 0.6 is 0 Å². The smallest absolute Gasteiger partial charge is 0.374 e. The van der Waals surface area contributed by atoms with Crippen LogP contribution in [-0.4, -0.2) is 23.1 Å². The molecule has 23 heavy (non-hydrogen) atoms. The van der Waals surface area contributed by atoms with Gasteiger partial charge in [-0.15, -0.1) is 0 Å². The summed E-state index contributed by atoms with van der Waals surface area (Å²) in [5, 5.41) is 9.48. The molecule has 0 spiro atoms. The highest BCUT2D eigenvalue weighted by atomic mass is 19.4. The Bertz CT molecular complexity index is 413. The molecule has 2 aliphatic carbocycles. The monoisotopic (exact) mass is 346 g/mol. The molecule has 2 aliphatic rings. The molecule has 6 atom stereocenters. The van der Waals surface area contributed by atoms with Crippen LogP contribution in [0.25, 0.3) is 0 Å². The van der Waals surface area contributed by atoms with E-state index in [1.54, 1.807) is 6.92 Å². The molecule has 2 fully saturated rings. The van der Waals surface area contributed by atoms with Crippen LogP contribution in [0.5, 0.6) is 0 Å². The van der Waals surface area contributed by atoms with E-state index in [0.29, 0.717) is 24.2 Å². The normalized spacial score (nSPS) is 36.5. The van der Waals surface area contributed by atoms with Crippen molar-refractivity contribution < 1.29 is 31.4 Å². The SMILES string of the molecule is CCC(CC(O)(C(F)(F)F)C(F)(F)F)C1CC2CC1C(C)C2C. The van der Waals surface area contributed by atoms with Crippen molar-refractivity contribution >= 4 is 0 Å². The van der Waals surface area contributed by atoms with E-state index in [2.05, 4.69) is 6.92 Å². The van der Waals surface area contributed by atoms with Crippen molar-refractivity contribution in [2.45, 2.75) is 64.4 Å². The summed E-state index contributed by atoms with van der Waals surface area (Å²) >= 11 is 0. The third kappa shape index (κ3) is 2.98. The van der Waals surface area contributed by atoms with Gasteiger partial charge in [-0.1, -0.05) is 27.2 Å². The summed E-state index contributed by atoms with van der Waals surface area (Å²) in [7, 11) is 0. The van der Waals surface area contributed by atoms with E-state index in [9.17, 15) is 31.4 Å². The molecule has 0 aromatic rings. The zero-order valence-electron chi connectivity index (χ0n) is 13.5. The molecule has 136 valence electrons. The van der Waals surface area contributed by atoms with E-state index in [1.165, 1.54) is 0 Å². The summed E-state index contributed by atoms with van der Waals surface area (Å²) in [5.41, 5.74) is -4.61. The zero-order chi connectivity index (χ0) is 17.8. The second kappa shape index (κ2) is 5.81. The number of fused-ring (bicyclic) bond motifs is 2. The highest BCUT2D eigenvalue weighted by molar-refractivity contribution is 5.02. The van der Waals surface area contributed by atoms with Gasteiger partial charge < -0.3 is 5.11 Å². The molecule has 0 aromatic carbocycles. The van der Waals surface area contributed by atoms with E-state index in [1.807, 2.05) is 6.92 Å². The molecule has 1 nitrogen and oxygen atoms in total. The molecule has 0 heterocycles. The van der Waals surface area contributed by atoms with Crippen molar-refractivity contribution in [2.75, 3.05) is 0 Å². The summed E-state index contributed by atoms with van der Waals surface area (Å²) in [4.78, 5) is 0. The van der Waals surface area contributed by atoms with Gasteiger partial charge >= 0.3 is 12.4 Å². The number of rotatable bonds is 4. The molecule has 2 rings (SSSR count). The van der Waals surface area contributed by atoms with Crippen molar-refractivity contribution in [2.24, 2.45) is 35.5 Å². The van der Waals surface area contributed by atoms with Gasteiger partial charge in [0.05, 0.1) is 0 Å². The number of hydrogen-bond acceptors (Lipinski definition) is 1. The molecular weight excluding hydrogens is 322 g/mol. The fourth-order valence-corrected chi connectivity index (χ4v) is 4.91. The molecule has 0 amide bonds. The fourth-order valence-electron chi connectivity index (χ4n) is 4.91. The van der Waals surface area contributed by atoms with Gasteiger partial charge in [-0.05, 0) is 54.8 Å². The molecule has 2 bridgehead atoms. The largest absolute Gasteiger partial charge is 0.426 e. The maximum atomic E-state index is 12.9. The summed E-state index contributed by atoms with van der Waals surface area (Å²) < 4.78 is 77.6. The Hall–Kier alpha value is -0.460. The summed E-state index contributed by atoms with van der Waals surface area (Å²) in [5.74, 6) is 0.417. The molecule has 2 saturated carbocycles. The quantitative estimate of drug-likeness (QED) is 0.695. The lowest BCUT2D eigenvalue weighted by Gasteiger charge is -2.41. The minimum absolute atomic E-state index is 0.160. The Morgan fingerprint density at radius 2 is 1.48 bits per heavy atom. The van der Waals surface area contributed by atoms with Crippen LogP contribution in [0.2, 0.25) is 0 Å². The first-order valence-electron chi connectivity index (χ1n) is 8.19. The fraction of sp³-hybridized carbons (Fsp3) is 1.00. The van der Waals surface area contributed by atoms with Crippen molar-refractivity contribution in [1.82, 2.24) is 0 Å². The number of alkyl halides is 6. The predicted molar refractivity (Wildman–Crippen MR) is 73.5 cm³/mol. The zero-order valence-corrected chi connectivity index (χ0v) is 13.5. The molecule has 0 saturated heterocycles. The Labute approximate surface area is 132 Å². The van der Waals surface area contributed by atoms with Gasteiger partial charge in [0.15, 0.2) is 0 Å². The third-order valence-electron chi connectivity index (χ3n) is 6.57. The van der Waals surface area contributed by atoms with E-state index in [4.69, 9.17) is 0 Å². The van der Waals surface area contributed by atoms with Gasteiger partial charge in [0.1, 0.15) is 0 Å². The predicted octanol–water partition coefficient (Wildman–Crippen LogP) is 5.19. The average Bonchev–Trinajstić information content (AvgIpc) is 2.94.